The molecule has 2 heterocycles. The van der Waals surface area contributed by atoms with Crippen molar-refractivity contribution in [3.05, 3.63) is 59.8 Å². The number of nitrogens with one attached hydrogen (secondary N) is 2. The topological polar surface area (TPSA) is 52.6 Å². The van der Waals surface area contributed by atoms with Gasteiger partial charge in [0.1, 0.15) is 5.82 Å². The van der Waals surface area contributed by atoms with Crippen molar-refractivity contribution in [1.82, 2.24) is 15.6 Å². The summed E-state index contributed by atoms with van der Waals surface area (Å²) in [7, 11) is 0. The van der Waals surface area contributed by atoms with E-state index in [1.54, 1.807) is 0 Å². The Hall–Kier alpha value is -1.83. The zero-order chi connectivity index (χ0) is 19.8. The standard InChI is InChI=1S/C23H33N5.HI/c1-4-24-23(26-17-19(3)20-9-7-8-18(2)16-20)27-21-11-14-28(15-12-21)22-10-5-6-13-25-22;/h5-10,13,16,19,21H,4,11-12,14-15,17H2,1-3H3,(H2,24,26,27);1H. The van der Waals surface area contributed by atoms with Crippen LogP contribution < -0.4 is 15.5 Å². The summed E-state index contributed by atoms with van der Waals surface area (Å²) in [6.45, 7) is 10.2. The minimum atomic E-state index is 0. The molecule has 0 saturated carbocycles. The van der Waals surface area contributed by atoms with Gasteiger partial charge in [-0.15, -0.1) is 24.0 Å². The maximum Gasteiger partial charge on any atom is 0.191 e. The average Bonchev–Trinajstić information content (AvgIpc) is 2.73. The second kappa shape index (κ2) is 12.0. The molecule has 1 unspecified atom stereocenters. The van der Waals surface area contributed by atoms with Crippen LogP contribution in [0.4, 0.5) is 5.82 Å². The van der Waals surface area contributed by atoms with Crippen LogP contribution >= 0.6 is 24.0 Å². The van der Waals surface area contributed by atoms with Crippen molar-refractivity contribution >= 4 is 35.8 Å². The molecule has 1 atom stereocenters. The van der Waals surface area contributed by atoms with Crippen molar-refractivity contribution in [2.45, 2.75) is 45.6 Å². The molecular weight excluding hydrogens is 473 g/mol. The molecule has 2 aromatic rings. The summed E-state index contributed by atoms with van der Waals surface area (Å²) in [5.74, 6) is 2.41. The molecule has 1 aromatic carbocycles. The minimum Gasteiger partial charge on any atom is -0.357 e. The van der Waals surface area contributed by atoms with Crippen LogP contribution in [0.25, 0.3) is 0 Å². The molecule has 0 spiro atoms. The quantitative estimate of drug-likeness (QED) is 0.347. The van der Waals surface area contributed by atoms with Crippen LogP contribution in [0.3, 0.4) is 0 Å². The molecule has 0 radical (unpaired) electrons. The monoisotopic (exact) mass is 507 g/mol. The van der Waals surface area contributed by atoms with E-state index in [2.05, 4.69) is 77.7 Å². The van der Waals surface area contributed by atoms with Gasteiger partial charge in [0.2, 0.25) is 0 Å². The molecule has 0 amide bonds. The number of anilines is 1. The van der Waals surface area contributed by atoms with E-state index in [4.69, 9.17) is 4.99 Å². The summed E-state index contributed by atoms with van der Waals surface area (Å²) >= 11 is 0. The van der Waals surface area contributed by atoms with E-state index in [1.807, 2.05) is 12.3 Å². The fourth-order valence-electron chi connectivity index (χ4n) is 3.62. The fraction of sp³-hybridized carbons (Fsp3) is 0.478. The third-order valence-corrected chi connectivity index (χ3v) is 5.29. The van der Waals surface area contributed by atoms with Crippen molar-refractivity contribution in [1.29, 1.82) is 0 Å². The number of aliphatic imine (C=N–C) groups is 1. The Morgan fingerprint density at radius 2 is 2.00 bits per heavy atom. The number of pyridine rings is 1. The number of benzene rings is 1. The third kappa shape index (κ3) is 7.17. The lowest BCUT2D eigenvalue weighted by Gasteiger charge is -2.33. The van der Waals surface area contributed by atoms with Crippen molar-refractivity contribution in [2.24, 2.45) is 4.99 Å². The van der Waals surface area contributed by atoms with Gasteiger partial charge >= 0.3 is 0 Å². The van der Waals surface area contributed by atoms with E-state index >= 15 is 0 Å². The first-order chi connectivity index (χ1) is 13.7. The summed E-state index contributed by atoms with van der Waals surface area (Å²) in [6.07, 6.45) is 4.05. The first-order valence-corrected chi connectivity index (χ1v) is 10.4. The van der Waals surface area contributed by atoms with Crippen molar-refractivity contribution in [2.75, 3.05) is 31.1 Å². The van der Waals surface area contributed by atoms with Gasteiger partial charge in [-0.3, -0.25) is 4.99 Å². The number of nitrogens with zero attached hydrogens (tertiary/aromatic N) is 3. The Kier molecular flexibility index (Phi) is 9.70. The van der Waals surface area contributed by atoms with Crippen LogP contribution in [0.5, 0.6) is 0 Å². The summed E-state index contributed by atoms with van der Waals surface area (Å²) in [4.78, 5) is 11.7. The molecule has 1 aliphatic heterocycles. The normalized spacial score (nSPS) is 16.1. The van der Waals surface area contributed by atoms with Crippen molar-refractivity contribution in [3.8, 4) is 0 Å². The van der Waals surface area contributed by atoms with E-state index in [9.17, 15) is 0 Å². The number of aryl methyl sites for hydroxylation is 1. The highest BCUT2D eigenvalue weighted by Gasteiger charge is 2.20. The number of guanidine groups is 1. The van der Waals surface area contributed by atoms with E-state index < -0.39 is 0 Å². The predicted octanol–water partition coefficient (Wildman–Crippen LogP) is 4.34. The Morgan fingerprint density at radius 1 is 1.21 bits per heavy atom. The second-order valence-electron chi connectivity index (χ2n) is 7.63. The lowest BCUT2D eigenvalue weighted by molar-refractivity contribution is 0.459. The number of piperidine rings is 1. The number of aromatic nitrogens is 1. The third-order valence-electron chi connectivity index (χ3n) is 5.29. The summed E-state index contributed by atoms with van der Waals surface area (Å²) < 4.78 is 0. The van der Waals surface area contributed by atoms with Crippen LogP contribution in [0, 0.1) is 6.92 Å². The van der Waals surface area contributed by atoms with Crippen LogP contribution in [0.2, 0.25) is 0 Å². The van der Waals surface area contributed by atoms with Crippen LogP contribution in [0.1, 0.15) is 43.7 Å². The largest absolute Gasteiger partial charge is 0.357 e. The zero-order valence-electron chi connectivity index (χ0n) is 17.8. The molecule has 5 nitrogen and oxygen atoms in total. The lowest BCUT2D eigenvalue weighted by atomic mass is 10.00. The lowest BCUT2D eigenvalue weighted by Crippen LogP contribution is -2.49. The summed E-state index contributed by atoms with van der Waals surface area (Å²) in [6, 6.07) is 15.3. The van der Waals surface area contributed by atoms with Gasteiger partial charge < -0.3 is 15.5 Å². The van der Waals surface area contributed by atoms with Gasteiger partial charge in [-0.2, -0.15) is 0 Å². The SMILES string of the molecule is CCNC(=NCC(C)c1cccc(C)c1)NC1CCN(c2ccccn2)CC1.I. The Balaban J connectivity index is 0.00000300. The van der Waals surface area contributed by atoms with Gasteiger partial charge in [-0.25, -0.2) is 4.98 Å². The van der Waals surface area contributed by atoms with Crippen LogP contribution in [-0.2, 0) is 0 Å². The van der Waals surface area contributed by atoms with E-state index in [0.29, 0.717) is 12.0 Å². The van der Waals surface area contributed by atoms with Gasteiger partial charge in [-0.05, 0) is 44.4 Å². The van der Waals surface area contributed by atoms with Crippen molar-refractivity contribution < 1.29 is 0 Å². The second-order valence-corrected chi connectivity index (χ2v) is 7.63. The van der Waals surface area contributed by atoms with Crippen molar-refractivity contribution in [3.63, 3.8) is 0 Å². The molecule has 2 N–H and O–H groups in total. The first kappa shape index (κ1) is 23.4. The maximum atomic E-state index is 4.86. The number of rotatable bonds is 6. The number of hydrogen-bond donors (Lipinski definition) is 2. The molecule has 0 aliphatic carbocycles. The molecule has 3 rings (SSSR count). The van der Waals surface area contributed by atoms with Gasteiger partial charge in [-0.1, -0.05) is 42.8 Å². The summed E-state index contributed by atoms with van der Waals surface area (Å²) in [5.41, 5.74) is 2.65. The molecule has 1 saturated heterocycles. The molecular formula is C23H34IN5. The van der Waals surface area contributed by atoms with Crippen LogP contribution in [-0.4, -0.2) is 43.2 Å². The Morgan fingerprint density at radius 3 is 2.66 bits per heavy atom. The number of halogens is 1. The van der Waals surface area contributed by atoms with Gasteiger partial charge in [0.25, 0.3) is 0 Å². The summed E-state index contributed by atoms with van der Waals surface area (Å²) in [5, 5.41) is 7.04. The number of hydrogen-bond acceptors (Lipinski definition) is 3. The zero-order valence-corrected chi connectivity index (χ0v) is 20.1. The molecule has 1 fully saturated rings. The fourth-order valence-corrected chi connectivity index (χ4v) is 3.62. The molecule has 1 aliphatic rings. The minimum absolute atomic E-state index is 0. The highest BCUT2D eigenvalue weighted by molar-refractivity contribution is 14.0. The van der Waals surface area contributed by atoms with E-state index in [1.165, 1.54) is 11.1 Å². The predicted molar refractivity (Wildman–Crippen MR) is 134 cm³/mol. The highest BCUT2D eigenvalue weighted by atomic mass is 127. The highest BCUT2D eigenvalue weighted by Crippen LogP contribution is 2.18. The maximum absolute atomic E-state index is 4.86. The average molecular weight is 507 g/mol. The molecule has 29 heavy (non-hydrogen) atoms. The smallest absolute Gasteiger partial charge is 0.191 e. The van der Waals surface area contributed by atoms with Crippen LogP contribution in [0.15, 0.2) is 53.7 Å². The van der Waals surface area contributed by atoms with E-state index in [0.717, 1.165) is 50.8 Å². The van der Waals surface area contributed by atoms with Gasteiger partial charge in [0.05, 0.1) is 0 Å². The first-order valence-electron chi connectivity index (χ1n) is 10.4. The van der Waals surface area contributed by atoms with Gasteiger partial charge in [0, 0.05) is 44.3 Å². The molecule has 158 valence electrons. The molecule has 6 heteroatoms. The molecule has 0 bridgehead atoms. The Labute approximate surface area is 192 Å². The van der Waals surface area contributed by atoms with E-state index in [-0.39, 0.29) is 24.0 Å². The van der Waals surface area contributed by atoms with Gasteiger partial charge in [0.15, 0.2) is 5.96 Å². The molecule has 1 aromatic heterocycles. The Bertz CT molecular complexity index is 757.